The van der Waals surface area contributed by atoms with Gasteiger partial charge in [-0.15, -0.1) is 0 Å². The van der Waals surface area contributed by atoms with Gasteiger partial charge in [0.05, 0.1) is 18.2 Å². The summed E-state index contributed by atoms with van der Waals surface area (Å²) in [7, 11) is 1.77. The highest BCUT2D eigenvalue weighted by atomic mass is 32.2. The van der Waals surface area contributed by atoms with Crippen LogP contribution in [-0.2, 0) is 20.0 Å². The quantitative estimate of drug-likeness (QED) is 0.690. The summed E-state index contributed by atoms with van der Waals surface area (Å²) in [6.45, 7) is 2.30. The Morgan fingerprint density at radius 2 is 2.08 bits per heavy atom. The van der Waals surface area contributed by atoms with Crippen molar-refractivity contribution in [3.05, 3.63) is 46.5 Å². The van der Waals surface area contributed by atoms with E-state index >= 15 is 0 Å². The van der Waals surface area contributed by atoms with Crippen molar-refractivity contribution < 1.29 is 5.11 Å². The van der Waals surface area contributed by atoms with Crippen molar-refractivity contribution in [3.63, 3.8) is 0 Å². The van der Waals surface area contributed by atoms with Crippen molar-refractivity contribution in [2.45, 2.75) is 32.4 Å². The lowest BCUT2D eigenvalue weighted by atomic mass is 10.1. The van der Waals surface area contributed by atoms with Crippen molar-refractivity contribution in [3.8, 4) is 11.4 Å². The number of aryl methyl sites for hydroxylation is 2. The van der Waals surface area contributed by atoms with E-state index < -0.39 is 6.10 Å². The molecular formula is C19H24N4O2S. The molecule has 0 amide bonds. The molecule has 0 saturated heterocycles. The van der Waals surface area contributed by atoms with E-state index in [2.05, 4.69) is 5.10 Å². The highest BCUT2D eigenvalue weighted by molar-refractivity contribution is 7.98. The van der Waals surface area contributed by atoms with E-state index in [0.717, 1.165) is 34.5 Å². The van der Waals surface area contributed by atoms with Crippen LogP contribution in [0.3, 0.4) is 0 Å². The minimum atomic E-state index is -0.498. The Labute approximate surface area is 156 Å². The first kappa shape index (κ1) is 18.7. The van der Waals surface area contributed by atoms with Crippen LogP contribution in [0.5, 0.6) is 0 Å². The van der Waals surface area contributed by atoms with E-state index in [0.29, 0.717) is 18.8 Å². The molecule has 0 bridgehead atoms. The third-order valence-corrected chi connectivity index (χ3v) is 5.11. The summed E-state index contributed by atoms with van der Waals surface area (Å²) >= 11 is 1.74. The molecule has 3 aromatic rings. The number of pyridine rings is 1. The molecule has 0 spiro atoms. The molecule has 3 rings (SSSR count). The van der Waals surface area contributed by atoms with E-state index in [9.17, 15) is 9.90 Å². The van der Waals surface area contributed by atoms with Crippen LogP contribution in [0.1, 0.15) is 19.2 Å². The summed E-state index contributed by atoms with van der Waals surface area (Å²) in [5.41, 5.74) is 1.52. The van der Waals surface area contributed by atoms with Gasteiger partial charge < -0.3 is 9.67 Å². The van der Waals surface area contributed by atoms with Gasteiger partial charge in [0, 0.05) is 36.2 Å². The van der Waals surface area contributed by atoms with Crippen molar-refractivity contribution in [2.24, 2.45) is 7.05 Å². The van der Waals surface area contributed by atoms with Gasteiger partial charge in [-0.3, -0.25) is 4.79 Å². The fourth-order valence-electron chi connectivity index (χ4n) is 2.94. The zero-order valence-electron chi connectivity index (χ0n) is 15.3. The fraction of sp³-hybridized carbons (Fsp3) is 0.421. The first-order valence-corrected chi connectivity index (χ1v) is 10.1. The largest absolute Gasteiger partial charge is 0.391 e. The van der Waals surface area contributed by atoms with E-state index in [1.807, 2.05) is 37.4 Å². The number of aromatic nitrogens is 4. The summed E-state index contributed by atoms with van der Waals surface area (Å²) in [6, 6.07) is 9.39. The van der Waals surface area contributed by atoms with Crippen molar-refractivity contribution in [2.75, 3.05) is 12.0 Å². The number of aliphatic hydroxyl groups excluding tert-OH is 1. The molecule has 0 saturated carbocycles. The Kier molecular flexibility index (Phi) is 5.78. The van der Waals surface area contributed by atoms with Crippen LogP contribution in [0.2, 0.25) is 0 Å². The Hall–Kier alpha value is -2.12. The minimum Gasteiger partial charge on any atom is -0.391 e. The number of aliphatic hydroxyl groups is 1. The molecule has 0 aliphatic heterocycles. The number of fused-ring (bicyclic) bond motifs is 1. The van der Waals surface area contributed by atoms with Crippen molar-refractivity contribution in [1.82, 2.24) is 19.3 Å². The number of nitrogens with zero attached hydrogens (tertiary/aromatic N) is 4. The van der Waals surface area contributed by atoms with Crippen LogP contribution in [0.4, 0.5) is 0 Å². The minimum absolute atomic E-state index is 0.0880. The monoisotopic (exact) mass is 372 g/mol. The van der Waals surface area contributed by atoms with Gasteiger partial charge in [-0.1, -0.05) is 25.1 Å². The Balaban J connectivity index is 2.19. The zero-order valence-corrected chi connectivity index (χ0v) is 16.2. The average Bonchev–Trinajstić information content (AvgIpc) is 3.05. The normalized spacial score (nSPS) is 12.6. The van der Waals surface area contributed by atoms with Crippen molar-refractivity contribution in [1.29, 1.82) is 0 Å². The number of thioether (sulfide) groups is 1. The maximum Gasteiger partial charge on any atom is 0.251 e. The predicted octanol–water partition coefficient (Wildman–Crippen LogP) is 2.47. The smallest absolute Gasteiger partial charge is 0.251 e. The third kappa shape index (κ3) is 3.68. The maximum absolute atomic E-state index is 12.4. The van der Waals surface area contributed by atoms with E-state index in [1.165, 1.54) is 0 Å². The number of hydrogen-bond acceptors (Lipinski definition) is 5. The standard InChI is InChI=1S/C19H24N4O2S/c1-4-13(24)12-23-19(20-17(21-23)9-10-26-3)15-11-18(25)22(2)16-8-6-5-7-14(15)16/h5-8,11,13,24H,4,9-10,12H2,1-3H3/t13-/m0/s1. The van der Waals surface area contributed by atoms with Gasteiger partial charge >= 0.3 is 0 Å². The third-order valence-electron chi connectivity index (χ3n) is 4.50. The number of para-hydroxylation sites is 1. The molecule has 1 aromatic carbocycles. The lowest BCUT2D eigenvalue weighted by Gasteiger charge is -2.13. The predicted molar refractivity (Wildman–Crippen MR) is 107 cm³/mol. The van der Waals surface area contributed by atoms with Gasteiger partial charge in [0.25, 0.3) is 5.56 Å². The van der Waals surface area contributed by atoms with Crippen LogP contribution >= 0.6 is 11.8 Å². The molecule has 6 nitrogen and oxygen atoms in total. The van der Waals surface area contributed by atoms with Crippen LogP contribution in [0.15, 0.2) is 35.1 Å². The summed E-state index contributed by atoms with van der Waals surface area (Å²) in [6.07, 6.45) is 2.94. The van der Waals surface area contributed by atoms with Gasteiger partial charge in [0.1, 0.15) is 0 Å². The topological polar surface area (TPSA) is 72.9 Å². The van der Waals surface area contributed by atoms with Crippen LogP contribution in [-0.4, -0.2) is 42.6 Å². The summed E-state index contributed by atoms with van der Waals surface area (Å²) in [5, 5.41) is 15.7. The SMILES string of the molecule is CC[C@H](O)Cn1nc(CCSC)nc1-c1cc(=O)n(C)c2ccccc12. The molecule has 0 unspecified atom stereocenters. The molecule has 0 aliphatic rings. The van der Waals surface area contributed by atoms with E-state index in [1.54, 1.807) is 34.1 Å². The molecule has 1 atom stereocenters. The number of rotatable bonds is 7. The summed E-state index contributed by atoms with van der Waals surface area (Å²) in [5.74, 6) is 2.31. The van der Waals surface area contributed by atoms with E-state index in [4.69, 9.17) is 4.98 Å². The lowest BCUT2D eigenvalue weighted by Crippen LogP contribution is -2.19. The highest BCUT2D eigenvalue weighted by Gasteiger charge is 2.18. The molecule has 0 fully saturated rings. The average molecular weight is 372 g/mol. The summed E-state index contributed by atoms with van der Waals surface area (Å²) < 4.78 is 3.38. The first-order chi connectivity index (χ1) is 12.5. The second kappa shape index (κ2) is 8.05. The number of benzene rings is 1. The fourth-order valence-corrected chi connectivity index (χ4v) is 3.33. The Morgan fingerprint density at radius 3 is 2.81 bits per heavy atom. The van der Waals surface area contributed by atoms with Gasteiger partial charge in [0.2, 0.25) is 0 Å². The van der Waals surface area contributed by atoms with Gasteiger partial charge in [-0.25, -0.2) is 9.67 Å². The molecular weight excluding hydrogens is 348 g/mol. The van der Waals surface area contributed by atoms with E-state index in [-0.39, 0.29) is 5.56 Å². The molecule has 2 heterocycles. The van der Waals surface area contributed by atoms with Crippen molar-refractivity contribution >= 4 is 22.7 Å². The first-order valence-electron chi connectivity index (χ1n) is 8.75. The molecule has 0 radical (unpaired) electrons. The molecule has 26 heavy (non-hydrogen) atoms. The molecule has 0 aliphatic carbocycles. The second-order valence-corrected chi connectivity index (χ2v) is 7.30. The summed E-state index contributed by atoms with van der Waals surface area (Å²) in [4.78, 5) is 17.2. The van der Waals surface area contributed by atoms with Crippen LogP contribution in [0.25, 0.3) is 22.3 Å². The molecule has 138 valence electrons. The van der Waals surface area contributed by atoms with Gasteiger partial charge in [-0.05, 0) is 18.7 Å². The highest BCUT2D eigenvalue weighted by Crippen LogP contribution is 2.26. The van der Waals surface area contributed by atoms with Gasteiger partial charge in [-0.2, -0.15) is 16.9 Å². The Morgan fingerprint density at radius 1 is 1.31 bits per heavy atom. The lowest BCUT2D eigenvalue weighted by molar-refractivity contribution is 0.145. The van der Waals surface area contributed by atoms with Crippen LogP contribution in [0, 0.1) is 0 Å². The molecule has 7 heteroatoms. The Bertz CT molecular complexity index is 964. The molecule has 1 N–H and O–H groups in total. The number of hydrogen-bond donors (Lipinski definition) is 1. The van der Waals surface area contributed by atoms with Gasteiger partial charge in [0.15, 0.2) is 11.6 Å². The zero-order chi connectivity index (χ0) is 18.7. The van der Waals surface area contributed by atoms with Crippen LogP contribution < -0.4 is 5.56 Å². The maximum atomic E-state index is 12.4. The second-order valence-electron chi connectivity index (χ2n) is 6.31. The molecule has 2 aromatic heterocycles.